The zero-order valence-electron chi connectivity index (χ0n) is 11.4. The van der Waals surface area contributed by atoms with Crippen molar-refractivity contribution in [2.45, 2.75) is 26.2 Å². The first-order valence-electron chi connectivity index (χ1n) is 7.00. The Morgan fingerprint density at radius 1 is 1.33 bits per heavy atom. The number of amides is 1. The Hall–Kier alpha value is -0.320. The molecule has 4 nitrogen and oxygen atoms in total. The van der Waals surface area contributed by atoms with Gasteiger partial charge >= 0.3 is 0 Å². The van der Waals surface area contributed by atoms with Gasteiger partial charge in [-0.15, -0.1) is 12.4 Å². The summed E-state index contributed by atoms with van der Waals surface area (Å²) in [5, 5.41) is 3.28. The second kappa shape index (κ2) is 7.97. The largest absolute Gasteiger partial charge is 0.340 e. The monoisotopic (exact) mass is 275 g/mol. The van der Waals surface area contributed by atoms with Crippen molar-refractivity contribution in [3.63, 3.8) is 0 Å². The lowest BCUT2D eigenvalue weighted by atomic mass is 10.2. The number of nitrogens with one attached hydrogen (secondary N) is 1. The van der Waals surface area contributed by atoms with Gasteiger partial charge in [-0.1, -0.05) is 6.92 Å². The van der Waals surface area contributed by atoms with E-state index < -0.39 is 0 Å². The molecular weight excluding hydrogens is 250 g/mol. The molecule has 1 saturated carbocycles. The van der Waals surface area contributed by atoms with Crippen LogP contribution in [0, 0.1) is 5.92 Å². The van der Waals surface area contributed by atoms with Gasteiger partial charge in [0.2, 0.25) is 5.91 Å². The molecule has 1 amide bonds. The Morgan fingerprint density at radius 2 is 2.00 bits per heavy atom. The van der Waals surface area contributed by atoms with Crippen LogP contribution in [0.4, 0.5) is 0 Å². The van der Waals surface area contributed by atoms with E-state index in [9.17, 15) is 4.79 Å². The van der Waals surface area contributed by atoms with Crippen molar-refractivity contribution in [2.24, 2.45) is 5.92 Å². The van der Waals surface area contributed by atoms with Gasteiger partial charge in [0.05, 0.1) is 0 Å². The van der Waals surface area contributed by atoms with E-state index in [-0.39, 0.29) is 12.4 Å². The summed E-state index contributed by atoms with van der Waals surface area (Å²) in [6.07, 6.45) is 3.48. The summed E-state index contributed by atoms with van der Waals surface area (Å²) in [6, 6.07) is 0. The maximum Gasteiger partial charge on any atom is 0.223 e. The maximum atomic E-state index is 12.0. The molecule has 0 aromatic rings. The molecule has 1 aliphatic heterocycles. The van der Waals surface area contributed by atoms with Crippen LogP contribution in [0.15, 0.2) is 0 Å². The first-order chi connectivity index (χ1) is 8.29. The minimum atomic E-state index is 0. The van der Waals surface area contributed by atoms with Crippen molar-refractivity contribution in [2.75, 3.05) is 45.8 Å². The van der Waals surface area contributed by atoms with Crippen molar-refractivity contribution in [1.29, 1.82) is 0 Å². The summed E-state index contributed by atoms with van der Waals surface area (Å²) in [7, 11) is 0. The van der Waals surface area contributed by atoms with Crippen molar-refractivity contribution in [3.8, 4) is 0 Å². The molecule has 0 radical (unpaired) electrons. The molecule has 2 rings (SSSR count). The zero-order valence-corrected chi connectivity index (χ0v) is 12.2. The lowest BCUT2D eigenvalue weighted by Gasteiger charge is -2.28. The standard InChI is InChI=1S/C13H25N3O.ClH/c1-2-15(11-12-3-4-12)8-5-13(17)16-9-6-14-7-10-16;/h12,14H,2-11H2,1H3;1H. The van der Waals surface area contributed by atoms with Crippen LogP contribution in [0.25, 0.3) is 0 Å². The molecule has 18 heavy (non-hydrogen) atoms. The van der Waals surface area contributed by atoms with Crippen LogP contribution in [-0.2, 0) is 4.79 Å². The highest BCUT2D eigenvalue weighted by molar-refractivity contribution is 5.85. The molecule has 0 aromatic heterocycles. The Labute approximate surface area is 116 Å². The molecule has 0 unspecified atom stereocenters. The van der Waals surface area contributed by atoms with E-state index in [2.05, 4.69) is 17.1 Å². The van der Waals surface area contributed by atoms with Gasteiger partial charge in [0.1, 0.15) is 0 Å². The smallest absolute Gasteiger partial charge is 0.223 e. The van der Waals surface area contributed by atoms with Crippen LogP contribution < -0.4 is 5.32 Å². The first kappa shape index (κ1) is 15.7. The van der Waals surface area contributed by atoms with Crippen LogP contribution in [-0.4, -0.2) is 61.5 Å². The predicted octanol–water partition coefficient (Wildman–Crippen LogP) is 0.962. The second-order valence-corrected chi connectivity index (χ2v) is 5.22. The second-order valence-electron chi connectivity index (χ2n) is 5.22. The van der Waals surface area contributed by atoms with Crippen LogP contribution in [0.2, 0.25) is 0 Å². The first-order valence-corrected chi connectivity index (χ1v) is 7.00. The van der Waals surface area contributed by atoms with Gasteiger partial charge in [0.15, 0.2) is 0 Å². The number of rotatable bonds is 6. The Balaban J connectivity index is 0.00000162. The van der Waals surface area contributed by atoms with Crippen LogP contribution in [0.5, 0.6) is 0 Å². The van der Waals surface area contributed by atoms with Crippen LogP contribution in [0.3, 0.4) is 0 Å². The fraction of sp³-hybridized carbons (Fsp3) is 0.923. The number of carbonyl (C=O) groups excluding carboxylic acids is 1. The summed E-state index contributed by atoms with van der Waals surface area (Å²) >= 11 is 0. The molecule has 0 spiro atoms. The van der Waals surface area contributed by atoms with E-state index >= 15 is 0 Å². The van der Waals surface area contributed by atoms with E-state index in [1.807, 2.05) is 4.90 Å². The fourth-order valence-corrected chi connectivity index (χ4v) is 2.37. The van der Waals surface area contributed by atoms with Gasteiger partial charge in [-0.25, -0.2) is 0 Å². The summed E-state index contributed by atoms with van der Waals surface area (Å²) in [6.45, 7) is 9.07. The molecule has 0 aromatic carbocycles. The van der Waals surface area contributed by atoms with Gasteiger partial charge in [-0.2, -0.15) is 0 Å². The molecule has 2 aliphatic rings. The third-order valence-electron chi connectivity index (χ3n) is 3.77. The summed E-state index contributed by atoms with van der Waals surface area (Å²) in [5.41, 5.74) is 0. The number of nitrogens with zero attached hydrogens (tertiary/aromatic N) is 2. The SMILES string of the molecule is CCN(CCC(=O)N1CCNCC1)CC1CC1.Cl. The average molecular weight is 276 g/mol. The maximum absolute atomic E-state index is 12.0. The molecule has 1 N–H and O–H groups in total. The van der Waals surface area contributed by atoms with E-state index in [1.165, 1.54) is 19.4 Å². The van der Waals surface area contributed by atoms with E-state index in [0.29, 0.717) is 12.3 Å². The van der Waals surface area contributed by atoms with Crippen molar-refractivity contribution in [3.05, 3.63) is 0 Å². The topological polar surface area (TPSA) is 35.6 Å². The Kier molecular flexibility index (Phi) is 6.97. The zero-order chi connectivity index (χ0) is 12.1. The quantitative estimate of drug-likeness (QED) is 0.784. The van der Waals surface area contributed by atoms with Gasteiger partial charge in [0, 0.05) is 45.7 Å². The third kappa shape index (κ3) is 5.12. The fourth-order valence-electron chi connectivity index (χ4n) is 2.37. The Morgan fingerprint density at radius 3 is 2.56 bits per heavy atom. The summed E-state index contributed by atoms with van der Waals surface area (Å²) < 4.78 is 0. The summed E-state index contributed by atoms with van der Waals surface area (Å²) in [4.78, 5) is 16.4. The van der Waals surface area contributed by atoms with Crippen molar-refractivity contribution >= 4 is 18.3 Å². The van der Waals surface area contributed by atoms with Crippen molar-refractivity contribution in [1.82, 2.24) is 15.1 Å². The van der Waals surface area contributed by atoms with Gasteiger partial charge in [-0.3, -0.25) is 4.79 Å². The minimum Gasteiger partial charge on any atom is -0.340 e. The molecule has 106 valence electrons. The predicted molar refractivity (Wildman–Crippen MR) is 76.2 cm³/mol. The molecule has 1 saturated heterocycles. The number of hydrogen-bond donors (Lipinski definition) is 1. The lowest BCUT2D eigenvalue weighted by molar-refractivity contribution is -0.132. The van der Waals surface area contributed by atoms with E-state index in [0.717, 1.165) is 45.2 Å². The normalized spacial score (nSPS) is 19.8. The Bertz CT molecular complexity index is 253. The van der Waals surface area contributed by atoms with Crippen molar-refractivity contribution < 1.29 is 4.79 Å². The minimum absolute atomic E-state index is 0. The van der Waals surface area contributed by atoms with Gasteiger partial charge in [-0.05, 0) is 25.3 Å². The molecular formula is C13H26ClN3O. The third-order valence-corrected chi connectivity index (χ3v) is 3.77. The van der Waals surface area contributed by atoms with Gasteiger partial charge in [0.25, 0.3) is 0 Å². The highest BCUT2D eigenvalue weighted by Crippen LogP contribution is 2.29. The molecule has 0 bridgehead atoms. The van der Waals surface area contributed by atoms with Gasteiger partial charge < -0.3 is 15.1 Å². The molecule has 5 heteroatoms. The van der Waals surface area contributed by atoms with E-state index in [1.54, 1.807) is 0 Å². The van der Waals surface area contributed by atoms with Crippen LogP contribution >= 0.6 is 12.4 Å². The molecule has 1 aliphatic carbocycles. The highest BCUT2D eigenvalue weighted by atomic mass is 35.5. The number of halogens is 1. The molecule has 0 atom stereocenters. The number of hydrogen-bond acceptors (Lipinski definition) is 3. The lowest BCUT2D eigenvalue weighted by Crippen LogP contribution is -2.47. The molecule has 1 heterocycles. The summed E-state index contributed by atoms with van der Waals surface area (Å²) in [5.74, 6) is 1.25. The average Bonchev–Trinajstić information content (AvgIpc) is 3.19. The molecule has 2 fully saturated rings. The van der Waals surface area contributed by atoms with E-state index in [4.69, 9.17) is 0 Å². The van der Waals surface area contributed by atoms with Crippen LogP contribution in [0.1, 0.15) is 26.2 Å². The number of carbonyl (C=O) groups is 1. The number of piperazine rings is 1. The highest BCUT2D eigenvalue weighted by Gasteiger charge is 2.24.